The van der Waals surface area contributed by atoms with Crippen LogP contribution in [-0.4, -0.2) is 32.3 Å². The minimum Gasteiger partial charge on any atom is -0.292 e. The molecule has 1 fully saturated rings. The summed E-state index contributed by atoms with van der Waals surface area (Å²) in [5, 5.41) is 4.62. The van der Waals surface area contributed by atoms with E-state index in [4.69, 9.17) is 0 Å². The van der Waals surface area contributed by atoms with Crippen LogP contribution in [0.15, 0.2) is 30.6 Å². The predicted molar refractivity (Wildman–Crippen MR) is 84.1 cm³/mol. The molecule has 1 aliphatic rings. The number of hydrogen-bond donors (Lipinski definition) is 0. The topological polar surface area (TPSA) is 34.0 Å². The van der Waals surface area contributed by atoms with Gasteiger partial charge in [-0.25, -0.2) is 0 Å². The van der Waals surface area contributed by atoms with Gasteiger partial charge in [-0.15, -0.1) is 0 Å². The van der Waals surface area contributed by atoms with Crippen LogP contribution in [0.25, 0.3) is 0 Å². The Kier molecular flexibility index (Phi) is 4.06. The summed E-state index contributed by atoms with van der Waals surface area (Å²) in [6.07, 6.45) is 6.36. The predicted octanol–water partition coefficient (Wildman–Crippen LogP) is 3.12. The molecule has 3 rings (SSSR count). The standard InChI is InChI=1S/C17H24N4/c1-13-10-14(2)21(19-13)12-17-7-5-9-20(17)15(3)16-6-4-8-18-11-16/h4,6,8,10-11,15,17H,5,7,9,12H2,1-3H3/t15-,17-/m0/s1. The lowest BCUT2D eigenvalue weighted by Crippen LogP contribution is -2.35. The average molecular weight is 284 g/mol. The molecule has 0 N–H and O–H groups in total. The minimum absolute atomic E-state index is 0.420. The number of nitrogens with zero attached hydrogens (tertiary/aromatic N) is 4. The van der Waals surface area contributed by atoms with E-state index in [0.29, 0.717) is 12.1 Å². The molecule has 2 aromatic rings. The Morgan fingerprint density at radius 2 is 2.24 bits per heavy atom. The van der Waals surface area contributed by atoms with E-state index < -0.39 is 0 Å². The third-order valence-electron chi connectivity index (χ3n) is 4.57. The van der Waals surface area contributed by atoms with Crippen molar-refractivity contribution >= 4 is 0 Å². The van der Waals surface area contributed by atoms with Crippen LogP contribution in [0.1, 0.15) is 42.8 Å². The summed E-state index contributed by atoms with van der Waals surface area (Å²) in [4.78, 5) is 6.86. The smallest absolute Gasteiger partial charge is 0.0596 e. The second-order valence-corrected chi connectivity index (χ2v) is 6.11. The van der Waals surface area contributed by atoms with Crippen molar-refractivity contribution in [2.75, 3.05) is 6.54 Å². The molecule has 0 aromatic carbocycles. The Hall–Kier alpha value is -1.68. The van der Waals surface area contributed by atoms with E-state index >= 15 is 0 Å². The van der Waals surface area contributed by atoms with Gasteiger partial charge < -0.3 is 0 Å². The van der Waals surface area contributed by atoms with Crippen molar-refractivity contribution in [2.24, 2.45) is 0 Å². The normalized spacial score (nSPS) is 20.8. The van der Waals surface area contributed by atoms with Gasteiger partial charge in [0.15, 0.2) is 0 Å². The van der Waals surface area contributed by atoms with Gasteiger partial charge in [0.05, 0.1) is 12.2 Å². The summed E-state index contributed by atoms with van der Waals surface area (Å²) in [5.74, 6) is 0. The lowest BCUT2D eigenvalue weighted by molar-refractivity contribution is 0.172. The van der Waals surface area contributed by atoms with Crippen LogP contribution in [0.2, 0.25) is 0 Å². The molecule has 0 unspecified atom stereocenters. The molecule has 0 aliphatic carbocycles. The number of aryl methyl sites for hydroxylation is 2. The summed E-state index contributed by atoms with van der Waals surface area (Å²) in [6, 6.07) is 7.35. The molecule has 3 heterocycles. The highest BCUT2D eigenvalue weighted by molar-refractivity contribution is 5.14. The summed E-state index contributed by atoms with van der Waals surface area (Å²) in [6.45, 7) is 8.65. The summed E-state index contributed by atoms with van der Waals surface area (Å²) < 4.78 is 2.16. The lowest BCUT2D eigenvalue weighted by Gasteiger charge is -2.31. The van der Waals surface area contributed by atoms with Crippen LogP contribution < -0.4 is 0 Å². The molecule has 1 saturated heterocycles. The summed E-state index contributed by atoms with van der Waals surface area (Å²) in [7, 11) is 0. The Balaban J connectivity index is 1.75. The van der Waals surface area contributed by atoms with Crippen molar-refractivity contribution in [3.05, 3.63) is 47.5 Å². The van der Waals surface area contributed by atoms with E-state index in [1.165, 1.54) is 30.6 Å². The molecule has 4 heteroatoms. The third kappa shape index (κ3) is 3.00. The Bertz CT molecular complexity index is 590. The van der Waals surface area contributed by atoms with Crippen LogP contribution in [0.5, 0.6) is 0 Å². The van der Waals surface area contributed by atoms with Crippen molar-refractivity contribution in [2.45, 2.75) is 52.2 Å². The first-order chi connectivity index (χ1) is 10.1. The van der Waals surface area contributed by atoms with Crippen molar-refractivity contribution in [1.29, 1.82) is 0 Å². The molecule has 0 spiro atoms. The van der Waals surface area contributed by atoms with Gasteiger partial charge in [-0.3, -0.25) is 14.6 Å². The van der Waals surface area contributed by atoms with E-state index in [-0.39, 0.29) is 0 Å². The van der Waals surface area contributed by atoms with Gasteiger partial charge in [-0.2, -0.15) is 5.10 Å². The number of rotatable bonds is 4. The maximum atomic E-state index is 4.62. The SMILES string of the molecule is Cc1cc(C)n(C[C@@H]2CCCN2[C@@H](C)c2cccnc2)n1. The highest BCUT2D eigenvalue weighted by atomic mass is 15.3. The zero-order chi connectivity index (χ0) is 14.8. The van der Waals surface area contributed by atoms with E-state index in [1.54, 1.807) is 0 Å². The highest BCUT2D eigenvalue weighted by Crippen LogP contribution is 2.29. The molecule has 2 aromatic heterocycles. The Labute approximate surface area is 126 Å². The quantitative estimate of drug-likeness (QED) is 0.865. The summed E-state index contributed by atoms with van der Waals surface area (Å²) >= 11 is 0. The Morgan fingerprint density at radius 3 is 2.90 bits per heavy atom. The van der Waals surface area contributed by atoms with E-state index in [1.807, 2.05) is 18.5 Å². The summed E-state index contributed by atoms with van der Waals surface area (Å²) in [5.41, 5.74) is 3.67. The zero-order valence-corrected chi connectivity index (χ0v) is 13.2. The van der Waals surface area contributed by atoms with E-state index in [9.17, 15) is 0 Å². The molecule has 4 nitrogen and oxygen atoms in total. The first-order valence-electron chi connectivity index (χ1n) is 7.82. The van der Waals surface area contributed by atoms with Crippen LogP contribution >= 0.6 is 0 Å². The number of pyridine rings is 1. The zero-order valence-electron chi connectivity index (χ0n) is 13.2. The van der Waals surface area contributed by atoms with Crippen molar-refractivity contribution in [3.63, 3.8) is 0 Å². The van der Waals surface area contributed by atoms with Gasteiger partial charge in [0.25, 0.3) is 0 Å². The molecule has 0 saturated carbocycles. The van der Waals surface area contributed by atoms with Crippen LogP contribution in [0, 0.1) is 13.8 Å². The molecular formula is C17H24N4. The first kappa shape index (κ1) is 14.3. The fraction of sp³-hybridized carbons (Fsp3) is 0.529. The second kappa shape index (κ2) is 5.98. The molecule has 0 amide bonds. The number of aromatic nitrogens is 3. The third-order valence-corrected chi connectivity index (χ3v) is 4.57. The minimum atomic E-state index is 0.420. The molecule has 1 aliphatic heterocycles. The first-order valence-corrected chi connectivity index (χ1v) is 7.82. The van der Waals surface area contributed by atoms with Gasteiger partial charge in [0.1, 0.15) is 0 Å². The molecule has 2 atom stereocenters. The molecule has 21 heavy (non-hydrogen) atoms. The molecular weight excluding hydrogens is 260 g/mol. The number of hydrogen-bond acceptors (Lipinski definition) is 3. The molecule has 0 bridgehead atoms. The van der Waals surface area contributed by atoms with Crippen molar-refractivity contribution < 1.29 is 0 Å². The second-order valence-electron chi connectivity index (χ2n) is 6.11. The van der Waals surface area contributed by atoms with E-state index in [0.717, 1.165) is 12.2 Å². The maximum absolute atomic E-state index is 4.62. The average Bonchev–Trinajstić information content (AvgIpc) is 3.06. The van der Waals surface area contributed by atoms with Crippen molar-refractivity contribution in [3.8, 4) is 0 Å². The van der Waals surface area contributed by atoms with Gasteiger partial charge in [0, 0.05) is 30.2 Å². The monoisotopic (exact) mass is 284 g/mol. The van der Waals surface area contributed by atoms with E-state index in [2.05, 4.69) is 52.6 Å². The Morgan fingerprint density at radius 1 is 1.38 bits per heavy atom. The molecule has 112 valence electrons. The van der Waals surface area contributed by atoms with Crippen molar-refractivity contribution in [1.82, 2.24) is 19.7 Å². The fourth-order valence-corrected chi connectivity index (χ4v) is 3.44. The molecule has 0 radical (unpaired) electrons. The maximum Gasteiger partial charge on any atom is 0.0596 e. The number of likely N-dealkylation sites (tertiary alicyclic amines) is 1. The van der Waals surface area contributed by atoms with Crippen LogP contribution in [0.3, 0.4) is 0 Å². The van der Waals surface area contributed by atoms with Crippen LogP contribution in [-0.2, 0) is 6.54 Å². The lowest BCUT2D eigenvalue weighted by atomic mass is 10.1. The fourth-order valence-electron chi connectivity index (χ4n) is 3.44. The van der Waals surface area contributed by atoms with Gasteiger partial charge >= 0.3 is 0 Å². The van der Waals surface area contributed by atoms with Crippen LogP contribution in [0.4, 0.5) is 0 Å². The van der Waals surface area contributed by atoms with Gasteiger partial charge in [0.2, 0.25) is 0 Å². The largest absolute Gasteiger partial charge is 0.292 e. The van der Waals surface area contributed by atoms with Gasteiger partial charge in [-0.05, 0) is 57.9 Å². The van der Waals surface area contributed by atoms with Gasteiger partial charge in [-0.1, -0.05) is 6.07 Å². The highest BCUT2D eigenvalue weighted by Gasteiger charge is 2.29.